The van der Waals surface area contributed by atoms with Crippen LogP contribution in [0.2, 0.25) is 0 Å². The Balaban J connectivity index is 1.74. The Kier molecular flexibility index (Phi) is 6.64. The van der Waals surface area contributed by atoms with Gasteiger partial charge in [-0.2, -0.15) is 0 Å². The standard InChI is InChI=1S/C21H23NO6S/c1-4-26-18-8-7-15(13(2)23)10-16(18)11-28-21(25)17-12-29-20(22(17)14(3)24)19-6-5-9-27-19/h5-10,17,20H,4,11-12H2,1-3H3/t17-,20+/m0/s1. The number of hydrogen-bond donors (Lipinski definition) is 0. The molecule has 3 rings (SSSR count). The van der Waals surface area contributed by atoms with E-state index in [1.807, 2.05) is 6.92 Å². The summed E-state index contributed by atoms with van der Waals surface area (Å²) >= 11 is 1.45. The van der Waals surface area contributed by atoms with Crippen LogP contribution < -0.4 is 4.74 Å². The van der Waals surface area contributed by atoms with Crippen LogP contribution in [0.3, 0.4) is 0 Å². The molecule has 7 nitrogen and oxygen atoms in total. The second kappa shape index (κ2) is 9.17. The van der Waals surface area contributed by atoms with Crippen LogP contribution in [-0.2, 0) is 20.9 Å². The second-order valence-electron chi connectivity index (χ2n) is 6.56. The number of nitrogens with zero attached hydrogens (tertiary/aromatic N) is 1. The summed E-state index contributed by atoms with van der Waals surface area (Å²) in [5, 5.41) is -0.361. The monoisotopic (exact) mass is 417 g/mol. The van der Waals surface area contributed by atoms with Crippen molar-refractivity contribution in [2.45, 2.75) is 38.8 Å². The highest BCUT2D eigenvalue weighted by Gasteiger charge is 2.43. The van der Waals surface area contributed by atoms with E-state index in [9.17, 15) is 14.4 Å². The van der Waals surface area contributed by atoms with Gasteiger partial charge in [0.1, 0.15) is 29.5 Å². The maximum Gasteiger partial charge on any atom is 0.330 e. The number of hydrogen-bond acceptors (Lipinski definition) is 7. The van der Waals surface area contributed by atoms with Crippen molar-refractivity contribution >= 4 is 29.4 Å². The molecule has 0 N–H and O–H groups in total. The topological polar surface area (TPSA) is 86.1 Å². The highest BCUT2D eigenvalue weighted by molar-refractivity contribution is 7.99. The molecule has 0 aliphatic carbocycles. The molecule has 0 unspecified atom stereocenters. The molecule has 29 heavy (non-hydrogen) atoms. The zero-order valence-corrected chi connectivity index (χ0v) is 17.4. The zero-order valence-electron chi connectivity index (χ0n) is 16.5. The number of thioether (sulfide) groups is 1. The second-order valence-corrected chi connectivity index (χ2v) is 7.68. The molecule has 8 heteroatoms. The third-order valence-electron chi connectivity index (χ3n) is 4.56. The van der Waals surface area contributed by atoms with E-state index in [2.05, 4.69) is 0 Å². The van der Waals surface area contributed by atoms with E-state index in [1.54, 1.807) is 30.3 Å². The smallest absolute Gasteiger partial charge is 0.330 e. The minimum atomic E-state index is -0.709. The van der Waals surface area contributed by atoms with Crippen LogP contribution in [0.4, 0.5) is 0 Å². The fourth-order valence-electron chi connectivity index (χ4n) is 3.18. The Morgan fingerprint density at radius 3 is 2.66 bits per heavy atom. The van der Waals surface area contributed by atoms with Crippen LogP contribution in [0.5, 0.6) is 5.75 Å². The molecule has 1 saturated heterocycles. The first kappa shape index (κ1) is 21.0. The lowest BCUT2D eigenvalue weighted by atomic mass is 10.1. The number of ether oxygens (including phenoxy) is 2. The van der Waals surface area contributed by atoms with Crippen molar-refractivity contribution < 1.29 is 28.3 Å². The van der Waals surface area contributed by atoms with Crippen molar-refractivity contribution in [2.75, 3.05) is 12.4 Å². The van der Waals surface area contributed by atoms with Crippen molar-refractivity contribution in [3.8, 4) is 5.75 Å². The Bertz CT molecular complexity index is 895. The summed E-state index contributed by atoms with van der Waals surface area (Å²) in [6, 6.07) is 7.86. The average Bonchev–Trinajstić information content (AvgIpc) is 3.36. The lowest BCUT2D eigenvalue weighted by Crippen LogP contribution is -2.42. The number of amides is 1. The molecule has 1 aliphatic rings. The normalized spacial score (nSPS) is 18.5. The van der Waals surface area contributed by atoms with Crippen LogP contribution in [0.25, 0.3) is 0 Å². The molecule has 2 aromatic rings. The fourth-order valence-corrected chi connectivity index (χ4v) is 4.59. The number of esters is 1. The average molecular weight is 417 g/mol. The maximum atomic E-state index is 12.8. The van der Waals surface area contributed by atoms with Crippen LogP contribution in [0.15, 0.2) is 41.0 Å². The van der Waals surface area contributed by atoms with Gasteiger partial charge in [0, 0.05) is 23.8 Å². The molecule has 0 radical (unpaired) electrons. The van der Waals surface area contributed by atoms with E-state index >= 15 is 0 Å². The number of carbonyl (C=O) groups excluding carboxylic acids is 3. The minimum Gasteiger partial charge on any atom is -0.493 e. The Labute approximate surface area is 173 Å². The van der Waals surface area contributed by atoms with Gasteiger partial charge in [-0.15, -0.1) is 11.8 Å². The molecule has 0 saturated carbocycles. The third-order valence-corrected chi connectivity index (χ3v) is 5.84. The lowest BCUT2D eigenvalue weighted by Gasteiger charge is -2.26. The van der Waals surface area contributed by atoms with Gasteiger partial charge < -0.3 is 18.8 Å². The summed E-state index contributed by atoms with van der Waals surface area (Å²) in [5.41, 5.74) is 1.12. The largest absolute Gasteiger partial charge is 0.493 e. The van der Waals surface area contributed by atoms with Gasteiger partial charge in [-0.3, -0.25) is 9.59 Å². The molecular weight excluding hydrogens is 394 g/mol. The molecule has 1 aromatic carbocycles. The van der Waals surface area contributed by atoms with Gasteiger partial charge in [-0.25, -0.2) is 4.79 Å². The first-order valence-corrected chi connectivity index (χ1v) is 10.3. The molecular formula is C21H23NO6S. The Hall–Kier alpha value is -2.74. The molecule has 2 heterocycles. The fraction of sp³-hybridized carbons (Fsp3) is 0.381. The van der Waals surface area contributed by atoms with E-state index in [0.717, 1.165) is 0 Å². The summed E-state index contributed by atoms with van der Waals surface area (Å²) in [4.78, 5) is 38.1. The summed E-state index contributed by atoms with van der Waals surface area (Å²) in [6.45, 7) is 5.15. The van der Waals surface area contributed by atoms with Gasteiger partial charge in [0.15, 0.2) is 5.78 Å². The minimum absolute atomic E-state index is 0.0480. The van der Waals surface area contributed by atoms with Gasteiger partial charge in [0.05, 0.1) is 12.9 Å². The van der Waals surface area contributed by atoms with Crippen molar-refractivity contribution in [2.24, 2.45) is 0 Å². The van der Waals surface area contributed by atoms with Gasteiger partial charge in [0.25, 0.3) is 0 Å². The van der Waals surface area contributed by atoms with E-state index in [1.165, 1.54) is 36.8 Å². The Morgan fingerprint density at radius 1 is 1.24 bits per heavy atom. The molecule has 0 bridgehead atoms. The quantitative estimate of drug-likeness (QED) is 0.503. The number of benzene rings is 1. The highest BCUT2D eigenvalue weighted by Crippen LogP contribution is 2.42. The molecule has 2 atom stereocenters. The molecule has 1 fully saturated rings. The van der Waals surface area contributed by atoms with Gasteiger partial charge in [-0.05, 0) is 44.2 Å². The molecule has 0 spiro atoms. The predicted octanol–water partition coefficient (Wildman–Crippen LogP) is 3.59. The van der Waals surface area contributed by atoms with Gasteiger partial charge in [0.2, 0.25) is 5.91 Å². The molecule has 1 aromatic heterocycles. The van der Waals surface area contributed by atoms with Crippen LogP contribution in [0.1, 0.15) is 47.8 Å². The van der Waals surface area contributed by atoms with E-state index in [0.29, 0.717) is 35.0 Å². The summed E-state index contributed by atoms with van der Waals surface area (Å²) in [5.74, 6) is 0.771. The Morgan fingerprint density at radius 2 is 2.03 bits per heavy atom. The van der Waals surface area contributed by atoms with Crippen LogP contribution in [0, 0.1) is 0 Å². The molecule has 1 amide bonds. The number of carbonyl (C=O) groups is 3. The first-order chi connectivity index (χ1) is 13.9. The predicted molar refractivity (Wildman–Crippen MR) is 108 cm³/mol. The third kappa shape index (κ3) is 4.64. The molecule has 154 valence electrons. The van der Waals surface area contributed by atoms with Gasteiger partial charge in [-0.1, -0.05) is 0 Å². The van der Waals surface area contributed by atoms with Crippen molar-refractivity contribution in [1.82, 2.24) is 4.90 Å². The number of ketones is 1. The lowest BCUT2D eigenvalue weighted by molar-refractivity contribution is -0.154. The first-order valence-electron chi connectivity index (χ1n) is 9.29. The molecule has 1 aliphatic heterocycles. The number of Topliss-reactive ketones (excluding diaryl/α,β-unsaturated/α-hetero) is 1. The van der Waals surface area contributed by atoms with E-state index in [-0.39, 0.29) is 23.7 Å². The number of furan rings is 1. The SMILES string of the molecule is CCOc1ccc(C(C)=O)cc1COC(=O)[C@@H]1CS[C@H](c2ccco2)N1C(C)=O. The van der Waals surface area contributed by atoms with E-state index < -0.39 is 12.0 Å². The number of rotatable bonds is 7. The van der Waals surface area contributed by atoms with Crippen molar-refractivity contribution in [1.29, 1.82) is 0 Å². The van der Waals surface area contributed by atoms with Crippen LogP contribution >= 0.6 is 11.8 Å². The summed E-state index contributed by atoms with van der Waals surface area (Å²) < 4.78 is 16.5. The summed E-state index contributed by atoms with van der Waals surface area (Å²) in [7, 11) is 0. The van der Waals surface area contributed by atoms with Crippen molar-refractivity contribution in [3.63, 3.8) is 0 Å². The van der Waals surface area contributed by atoms with Crippen molar-refractivity contribution in [3.05, 3.63) is 53.5 Å². The zero-order chi connectivity index (χ0) is 21.0. The van der Waals surface area contributed by atoms with Crippen LogP contribution in [-0.4, -0.2) is 41.0 Å². The van der Waals surface area contributed by atoms with Gasteiger partial charge >= 0.3 is 5.97 Å². The van der Waals surface area contributed by atoms with E-state index in [4.69, 9.17) is 13.9 Å². The summed E-state index contributed by atoms with van der Waals surface area (Å²) in [6.07, 6.45) is 1.54. The highest BCUT2D eigenvalue weighted by atomic mass is 32.2. The maximum absolute atomic E-state index is 12.8.